The van der Waals surface area contributed by atoms with Crippen molar-refractivity contribution in [2.45, 2.75) is 6.92 Å². The zero-order valence-corrected chi connectivity index (χ0v) is 14.1. The molecule has 3 rings (SSSR count). The van der Waals surface area contributed by atoms with E-state index in [-0.39, 0.29) is 11.6 Å². The summed E-state index contributed by atoms with van der Waals surface area (Å²) in [7, 11) is 0. The van der Waals surface area contributed by atoms with Crippen LogP contribution in [0.2, 0.25) is 0 Å². The lowest BCUT2D eigenvalue weighted by Crippen LogP contribution is -2.22. The van der Waals surface area contributed by atoms with Crippen molar-refractivity contribution in [1.29, 1.82) is 0 Å². The Balaban J connectivity index is 2.15. The number of nitrogens with one attached hydrogen (secondary N) is 1. The molecule has 3 aromatic rings. The summed E-state index contributed by atoms with van der Waals surface area (Å²) in [6.45, 7) is 1.39. The number of aromatic nitrogens is 1. The molecule has 1 N–H and O–H groups in total. The van der Waals surface area contributed by atoms with Gasteiger partial charge in [-0.3, -0.25) is 19.5 Å². The molecule has 0 fully saturated rings. The molecule has 1 aromatic heterocycles. The molecular weight excluding hydrogens is 340 g/mol. The Bertz CT molecular complexity index is 975. The van der Waals surface area contributed by atoms with Crippen LogP contribution >= 0.6 is 11.3 Å². The lowest BCUT2D eigenvalue weighted by Gasteiger charge is -2.09. The third-order valence-electron chi connectivity index (χ3n) is 3.41. The van der Waals surface area contributed by atoms with Crippen LogP contribution in [0.4, 0.5) is 5.69 Å². The van der Waals surface area contributed by atoms with Crippen molar-refractivity contribution in [3.05, 3.63) is 74.9 Å². The number of hydrogen-bond acceptors (Lipinski definition) is 5. The summed E-state index contributed by atoms with van der Waals surface area (Å²) in [5.74, 6) is -0.259. The third-order valence-corrected chi connectivity index (χ3v) is 4.23. The number of nitrogens with zero attached hydrogens (tertiary/aromatic N) is 3. The summed E-state index contributed by atoms with van der Waals surface area (Å²) < 4.78 is 1.89. The number of benzene rings is 2. The Kier molecular flexibility index (Phi) is 4.71. The highest BCUT2D eigenvalue weighted by Crippen LogP contribution is 2.25. The van der Waals surface area contributed by atoms with Gasteiger partial charge >= 0.3 is 0 Å². The van der Waals surface area contributed by atoms with Gasteiger partial charge in [-0.25, -0.2) is 5.43 Å². The van der Waals surface area contributed by atoms with Gasteiger partial charge in [-0.1, -0.05) is 18.2 Å². The van der Waals surface area contributed by atoms with Crippen LogP contribution in [0.25, 0.3) is 16.9 Å². The van der Waals surface area contributed by atoms with Gasteiger partial charge in [-0.15, -0.1) is 16.4 Å². The topological polar surface area (TPSA) is 89.5 Å². The molecule has 2 aromatic carbocycles. The molecular formula is C17H14N4O3S. The maximum absolute atomic E-state index is 11.2. The number of carbonyl (C=O) groups is 1. The Morgan fingerprint density at radius 1 is 1.16 bits per heavy atom. The van der Waals surface area contributed by atoms with Crippen molar-refractivity contribution in [3.8, 4) is 16.9 Å². The highest BCUT2D eigenvalue weighted by atomic mass is 32.1. The van der Waals surface area contributed by atoms with Crippen molar-refractivity contribution >= 4 is 22.9 Å². The van der Waals surface area contributed by atoms with Gasteiger partial charge in [0.05, 0.1) is 10.6 Å². The maximum atomic E-state index is 11.2. The zero-order valence-electron chi connectivity index (χ0n) is 13.2. The van der Waals surface area contributed by atoms with Crippen LogP contribution in [-0.2, 0) is 4.79 Å². The molecule has 126 valence electrons. The van der Waals surface area contributed by atoms with E-state index in [4.69, 9.17) is 0 Å². The molecule has 0 bridgehead atoms. The largest absolute Gasteiger partial charge is 0.284 e. The minimum atomic E-state index is -0.430. The Morgan fingerprint density at radius 2 is 1.84 bits per heavy atom. The standard InChI is InChI=1S/C17H14N4O3S/c1-12(22)18-19-17-20(14-5-3-2-4-6-14)16(11-25-17)13-7-9-15(10-8-13)21(23)24/h2-11H,1H3,(H,18,22)/b19-17+. The van der Waals surface area contributed by atoms with Gasteiger partial charge in [0.1, 0.15) is 0 Å². The molecule has 0 unspecified atom stereocenters. The highest BCUT2D eigenvalue weighted by molar-refractivity contribution is 7.07. The fraction of sp³-hybridized carbons (Fsp3) is 0.0588. The van der Waals surface area contributed by atoms with E-state index in [2.05, 4.69) is 10.5 Å². The lowest BCUT2D eigenvalue weighted by molar-refractivity contribution is -0.384. The highest BCUT2D eigenvalue weighted by Gasteiger charge is 2.12. The minimum absolute atomic E-state index is 0.0356. The average molecular weight is 354 g/mol. The van der Waals surface area contributed by atoms with E-state index in [0.717, 1.165) is 16.9 Å². The summed E-state index contributed by atoms with van der Waals surface area (Å²) in [5.41, 5.74) is 5.00. The molecule has 8 heteroatoms. The average Bonchev–Trinajstić information content (AvgIpc) is 3.04. The second-order valence-electron chi connectivity index (χ2n) is 5.16. The van der Waals surface area contributed by atoms with E-state index in [1.807, 2.05) is 40.3 Å². The van der Waals surface area contributed by atoms with Crippen LogP contribution in [0.3, 0.4) is 0 Å². The van der Waals surface area contributed by atoms with Crippen LogP contribution in [-0.4, -0.2) is 15.4 Å². The van der Waals surface area contributed by atoms with E-state index in [9.17, 15) is 14.9 Å². The predicted octanol–water partition coefficient (Wildman–Crippen LogP) is 3.07. The molecule has 0 aliphatic heterocycles. The first-order valence-corrected chi connectivity index (χ1v) is 8.25. The van der Waals surface area contributed by atoms with E-state index in [0.29, 0.717) is 4.80 Å². The Morgan fingerprint density at radius 3 is 2.44 bits per heavy atom. The number of para-hydroxylation sites is 1. The monoisotopic (exact) mass is 354 g/mol. The number of thiazole rings is 1. The smallest absolute Gasteiger partial charge is 0.269 e. The number of carbonyl (C=O) groups excluding carboxylic acids is 1. The molecule has 1 heterocycles. The van der Waals surface area contributed by atoms with Crippen molar-refractivity contribution in [2.24, 2.45) is 5.10 Å². The third kappa shape index (κ3) is 3.64. The summed E-state index contributed by atoms with van der Waals surface area (Å²) in [6.07, 6.45) is 0. The Hall–Kier alpha value is -3.26. The van der Waals surface area contributed by atoms with Gasteiger partial charge < -0.3 is 0 Å². The van der Waals surface area contributed by atoms with Crippen LogP contribution < -0.4 is 10.2 Å². The van der Waals surface area contributed by atoms with Gasteiger partial charge in [-0.05, 0) is 29.8 Å². The number of hydrogen-bond donors (Lipinski definition) is 1. The van der Waals surface area contributed by atoms with Crippen LogP contribution in [0.15, 0.2) is 65.1 Å². The van der Waals surface area contributed by atoms with Gasteiger partial charge in [0, 0.05) is 30.1 Å². The van der Waals surface area contributed by atoms with Gasteiger partial charge in [0.15, 0.2) is 0 Å². The fourth-order valence-corrected chi connectivity index (χ4v) is 3.16. The molecule has 0 saturated carbocycles. The summed E-state index contributed by atoms with van der Waals surface area (Å²) in [6, 6.07) is 15.9. The SMILES string of the molecule is CC(=O)N/N=c1/scc(-c2ccc([N+](=O)[O-])cc2)n1-c1ccccc1. The molecule has 0 atom stereocenters. The lowest BCUT2D eigenvalue weighted by atomic mass is 10.1. The maximum Gasteiger partial charge on any atom is 0.269 e. The van der Waals surface area contributed by atoms with E-state index >= 15 is 0 Å². The summed E-state index contributed by atoms with van der Waals surface area (Å²) >= 11 is 1.37. The van der Waals surface area contributed by atoms with Crippen molar-refractivity contribution in [1.82, 2.24) is 9.99 Å². The fourth-order valence-electron chi connectivity index (χ4n) is 2.30. The molecule has 1 amide bonds. The molecule has 0 aliphatic carbocycles. The number of rotatable bonds is 4. The van der Waals surface area contributed by atoms with Crippen LogP contribution in [0.5, 0.6) is 0 Å². The van der Waals surface area contributed by atoms with E-state index < -0.39 is 4.92 Å². The summed E-state index contributed by atoms with van der Waals surface area (Å²) in [5, 5.41) is 16.9. The first-order valence-electron chi connectivity index (χ1n) is 7.37. The van der Waals surface area contributed by atoms with Crippen LogP contribution in [0, 0.1) is 10.1 Å². The predicted molar refractivity (Wildman–Crippen MR) is 95.1 cm³/mol. The van der Waals surface area contributed by atoms with Crippen molar-refractivity contribution in [3.63, 3.8) is 0 Å². The molecule has 25 heavy (non-hydrogen) atoms. The normalized spacial score (nSPS) is 11.3. The van der Waals surface area contributed by atoms with Gasteiger partial charge in [-0.2, -0.15) is 0 Å². The zero-order chi connectivity index (χ0) is 17.8. The first-order chi connectivity index (χ1) is 12.1. The van der Waals surface area contributed by atoms with Gasteiger partial charge in [0.2, 0.25) is 10.7 Å². The number of amides is 1. The second-order valence-corrected chi connectivity index (χ2v) is 5.99. The molecule has 0 saturated heterocycles. The first kappa shape index (κ1) is 16.6. The number of nitro benzene ring substituents is 1. The number of nitro groups is 1. The quantitative estimate of drug-likeness (QED) is 0.577. The van der Waals surface area contributed by atoms with E-state index in [1.54, 1.807) is 12.1 Å². The van der Waals surface area contributed by atoms with Crippen molar-refractivity contribution in [2.75, 3.05) is 0 Å². The number of non-ortho nitro benzene ring substituents is 1. The van der Waals surface area contributed by atoms with Crippen LogP contribution in [0.1, 0.15) is 6.92 Å². The van der Waals surface area contributed by atoms with Gasteiger partial charge in [0.25, 0.3) is 5.69 Å². The minimum Gasteiger partial charge on any atom is -0.284 e. The van der Waals surface area contributed by atoms with Crippen molar-refractivity contribution < 1.29 is 9.72 Å². The Labute approximate surface area is 147 Å². The van der Waals surface area contributed by atoms with E-state index in [1.165, 1.54) is 30.4 Å². The second kappa shape index (κ2) is 7.10. The molecule has 0 aliphatic rings. The molecule has 0 radical (unpaired) electrons. The molecule has 0 spiro atoms. The summed E-state index contributed by atoms with van der Waals surface area (Å²) in [4.78, 5) is 22.2. The molecule has 7 nitrogen and oxygen atoms in total.